The highest BCUT2D eigenvalue weighted by Crippen LogP contribution is 2.30. The van der Waals surface area contributed by atoms with Crippen LogP contribution in [-0.2, 0) is 19.4 Å². The zero-order valence-electron chi connectivity index (χ0n) is 10.4. The maximum atomic E-state index is 11.9. The Bertz CT molecular complexity index is 639. The molecule has 1 unspecified atom stereocenters. The lowest BCUT2D eigenvalue weighted by Gasteiger charge is -2.19. The third-order valence-corrected chi connectivity index (χ3v) is 4.23. The molecule has 19 heavy (non-hydrogen) atoms. The van der Waals surface area contributed by atoms with Gasteiger partial charge < -0.3 is 10.6 Å². The molecule has 1 aromatic carbocycles. The minimum Gasteiger partial charge on any atom is -0.369 e. The first-order chi connectivity index (χ1) is 8.80. The number of hydrogen-bond donors (Lipinski definition) is 1. The molecule has 2 N–H and O–H groups in total. The van der Waals surface area contributed by atoms with Crippen molar-refractivity contribution in [3.8, 4) is 0 Å². The Morgan fingerprint density at radius 2 is 2.00 bits per heavy atom. The van der Waals surface area contributed by atoms with Gasteiger partial charge in [0, 0.05) is 19.2 Å². The highest BCUT2D eigenvalue weighted by atomic mass is 32.2. The molecule has 0 radical (unpaired) electrons. The molecule has 6 nitrogen and oxygen atoms in total. The van der Waals surface area contributed by atoms with Gasteiger partial charge in [0.2, 0.25) is 11.8 Å². The van der Waals surface area contributed by atoms with Gasteiger partial charge in [0.05, 0.1) is 16.5 Å². The maximum absolute atomic E-state index is 11.9. The predicted molar refractivity (Wildman–Crippen MR) is 69.2 cm³/mol. The molecule has 2 rings (SSSR count). The molecule has 1 saturated heterocycles. The summed E-state index contributed by atoms with van der Waals surface area (Å²) < 4.78 is 23.4. The van der Waals surface area contributed by atoms with Gasteiger partial charge in [-0.1, -0.05) is 12.1 Å². The van der Waals surface area contributed by atoms with Crippen molar-refractivity contribution in [1.82, 2.24) is 0 Å². The Balaban J connectivity index is 2.44. The molecule has 7 heteroatoms. The smallest absolute Gasteiger partial charge is 0.227 e. The van der Waals surface area contributed by atoms with E-state index in [1.165, 1.54) is 11.0 Å². The lowest BCUT2D eigenvalue weighted by molar-refractivity contribution is -0.123. The number of carbonyl (C=O) groups excluding carboxylic acids is 2. The Hall–Kier alpha value is -1.89. The van der Waals surface area contributed by atoms with E-state index in [0.29, 0.717) is 5.69 Å². The van der Waals surface area contributed by atoms with E-state index in [0.717, 1.165) is 6.26 Å². The largest absolute Gasteiger partial charge is 0.369 e. The van der Waals surface area contributed by atoms with Gasteiger partial charge in [0.25, 0.3) is 0 Å². The van der Waals surface area contributed by atoms with Gasteiger partial charge in [-0.15, -0.1) is 0 Å². The Kier molecular flexibility index (Phi) is 3.32. The molecule has 102 valence electrons. The van der Waals surface area contributed by atoms with Crippen molar-refractivity contribution in [2.45, 2.75) is 11.3 Å². The standard InChI is InChI=1S/C12H14N2O4S/c1-19(17,18)10-5-3-2-4-9(10)14-7-8(12(13)16)6-11(14)15/h2-5,8H,6-7H2,1H3,(H2,13,16). The number of para-hydroxylation sites is 1. The normalized spacial score (nSPS) is 19.7. The highest BCUT2D eigenvalue weighted by Gasteiger charge is 2.35. The minimum absolute atomic E-state index is 0.0213. The molecule has 1 atom stereocenters. The van der Waals surface area contributed by atoms with Crippen LogP contribution in [0.2, 0.25) is 0 Å². The third kappa shape index (κ3) is 2.60. The molecule has 1 aliphatic heterocycles. The predicted octanol–water partition coefficient (Wildman–Crippen LogP) is -0.0717. The fourth-order valence-corrected chi connectivity index (χ4v) is 3.01. The van der Waals surface area contributed by atoms with Crippen LogP contribution in [-0.4, -0.2) is 33.0 Å². The molecule has 0 bridgehead atoms. The Labute approximate surface area is 111 Å². The van der Waals surface area contributed by atoms with E-state index in [1.807, 2.05) is 0 Å². The van der Waals surface area contributed by atoms with Gasteiger partial charge in [-0.3, -0.25) is 9.59 Å². The van der Waals surface area contributed by atoms with E-state index in [9.17, 15) is 18.0 Å². The molecular weight excluding hydrogens is 268 g/mol. The first-order valence-electron chi connectivity index (χ1n) is 5.69. The van der Waals surface area contributed by atoms with Gasteiger partial charge in [-0.2, -0.15) is 0 Å². The van der Waals surface area contributed by atoms with Crippen LogP contribution in [0, 0.1) is 5.92 Å². The van der Waals surface area contributed by atoms with Gasteiger partial charge in [-0.05, 0) is 12.1 Å². The van der Waals surface area contributed by atoms with Crippen LogP contribution < -0.4 is 10.6 Å². The molecule has 0 saturated carbocycles. The molecule has 0 aliphatic carbocycles. The number of hydrogen-bond acceptors (Lipinski definition) is 4. The number of nitrogens with zero attached hydrogens (tertiary/aromatic N) is 1. The summed E-state index contributed by atoms with van der Waals surface area (Å²) >= 11 is 0. The average Bonchev–Trinajstić information content (AvgIpc) is 2.70. The second-order valence-electron chi connectivity index (χ2n) is 4.55. The summed E-state index contributed by atoms with van der Waals surface area (Å²) in [6.45, 7) is 0.126. The van der Waals surface area contributed by atoms with E-state index >= 15 is 0 Å². The summed E-state index contributed by atoms with van der Waals surface area (Å²) in [5, 5.41) is 0. The van der Waals surface area contributed by atoms with Crippen molar-refractivity contribution in [3.05, 3.63) is 24.3 Å². The van der Waals surface area contributed by atoms with Crippen molar-refractivity contribution >= 4 is 27.3 Å². The lowest BCUT2D eigenvalue weighted by atomic mass is 10.1. The molecule has 1 heterocycles. The second-order valence-corrected chi connectivity index (χ2v) is 6.53. The lowest BCUT2D eigenvalue weighted by Crippen LogP contribution is -2.29. The van der Waals surface area contributed by atoms with E-state index in [-0.39, 0.29) is 23.8 Å². The highest BCUT2D eigenvalue weighted by molar-refractivity contribution is 7.90. The number of amides is 2. The fourth-order valence-electron chi connectivity index (χ4n) is 2.12. The van der Waals surface area contributed by atoms with Gasteiger partial charge in [-0.25, -0.2) is 8.42 Å². The average molecular weight is 282 g/mol. The van der Waals surface area contributed by atoms with E-state index < -0.39 is 21.7 Å². The molecule has 1 aromatic rings. The zero-order chi connectivity index (χ0) is 14.2. The quantitative estimate of drug-likeness (QED) is 0.839. The second kappa shape index (κ2) is 4.65. The summed E-state index contributed by atoms with van der Waals surface area (Å²) in [4.78, 5) is 24.4. The molecule has 2 amide bonds. The van der Waals surface area contributed by atoms with E-state index in [1.54, 1.807) is 18.2 Å². The summed E-state index contributed by atoms with van der Waals surface area (Å²) in [6.07, 6.45) is 1.10. The minimum atomic E-state index is -3.44. The summed E-state index contributed by atoms with van der Waals surface area (Å²) in [5.41, 5.74) is 5.49. The number of nitrogens with two attached hydrogens (primary N) is 1. The van der Waals surface area contributed by atoms with Gasteiger partial charge in [0.1, 0.15) is 0 Å². The van der Waals surface area contributed by atoms with Crippen LogP contribution in [0.4, 0.5) is 5.69 Å². The van der Waals surface area contributed by atoms with Crippen molar-refractivity contribution in [1.29, 1.82) is 0 Å². The van der Waals surface area contributed by atoms with Crippen molar-refractivity contribution in [2.75, 3.05) is 17.7 Å². The van der Waals surface area contributed by atoms with Crippen LogP contribution >= 0.6 is 0 Å². The van der Waals surface area contributed by atoms with Crippen LogP contribution in [0.15, 0.2) is 29.2 Å². The molecule has 0 aromatic heterocycles. The van der Waals surface area contributed by atoms with Crippen LogP contribution in [0.1, 0.15) is 6.42 Å². The van der Waals surface area contributed by atoms with E-state index in [4.69, 9.17) is 5.73 Å². The third-order valence-electron chi connectivity index (χ3n) is 3.08. The first kappa shape index (κ1) is 13.5. The van der Waals surface area contributed by atoms with Crippen LogP contribution in [0.3, 0.4) is 0 Å². The van der Waals surface area contributed by atoms with Gasteiger partial charge >= 0.3 is 0 Å². The van der Waals surface area contributed by atoms with Gasteiger partial charge in [0.15, 0.2) is 9.84 Å². The van der Waals surface area contributed by atoms with Crippen molar-refractivity contribution in [2.24, 2.45) is 11.7 Å². The molecule has 1 fully saturated rings. The number of sulfone groups is 1. The zero-order valence-corrected chi connectivity index (χ0v) is 11.2. The van der Waals surface area contributed by atoms with Crippen molar-refractivity contribution in [3.63, 3.8) is 0 Å². The molecule has 1 aliphatic rings. The number of primary amides is 1. The van der Waals surface area contributed by atoms with Crippen LogP contribution in [0.5, 0.6) is 0 Å². The Morgan fingerprint density at radius 1 is 1.37 bits per heavy atom. The monoisotopic (exact) mass is 282 g/mol. The number of benzene rings is 1. The first-order valence-corrected chi connectivity index (χ1v) is 7.58. The Morgan fingerprint density at radius 3 is 2.53 bits per heavy atom. The fraction of sp³-hybridized carbons (Fsp3) is 0.333. The number of carbonyl (C=O) groups is 2. The molecular formula is C12H14N2O4S. The van der Waals surface area contributed by atoms with Crippen molar-refractivity contribution < 1.29 is 18.0 Å². The summed E-state index contributed by atoms with van der Waals surface area (Å²) in [7, 11) is -3.44. The SMILES string of the molecule is CS(=O)(=O)c1ccccc1N1CC(C(N)=O)CC1=O. The summed E-state index contributed by atoms with van der Waals surface area (Å²) in [6, 6.07) is 6.23. The number of rotatable bonds is 3. The molecule has 0 spiro atoms. The maximum Gasteiger partial charge on any atom is 0.227 e. The van der Waals surface area contributed by atoms with Crippen LogP contribution in [0.25, 0.3) is 0 Å². The summed E-state index contributed by atoms with van der Waals surface area (Å²) in [5.74, 6) is -1.41. The number of anilines is 1. The van der Waals surface area contributed by atoms with E-state index in [2.05, 4.69) is 0 Å². The topological polar surface area (TPSA) is 97.5 Å².